The van der Waals surface area contributed by atoms with Gasteiger partial charge in [-0.1, -0.05) is 12.1 Å². The average molecular weight is 233 g/mol. The van der Waals surface area contributed by atoms with Crippen LogP contribution in [-0.2, 0) is 20.0 Å². The number of rotatable bonds is 3. The Morgan fingerprint density at radius 2 is 1.94 bits per heavy atom. The highest BCUT2D eigenvalue weighted by Crippen LogP contribution is 2.15. The van der Waals surface area contributed by atoms with E-state index >= 15 is 0 Å². The van der Waals surface area contributed by atoms with Gasteiger partial charge in [-0.2, -0.15) is 0 Å². The molecule has 90 valence electrons. The second-order valence-electron chi connectivity index (χ2n) is 4.13. The maximum atomic E-state index is 12.8. The molecule has 17 heavy (non-hydrogen) atoms. The van der Waals surface area contributed by atoms with Gasteiger partial charge in [-0.15, -0.1) is 0 Å². The molecular formula is C13H16FN3. The number of nitrogens with two attached hydrogens (primary N) is 1. The van der Waals surface area contributed by atoms with Crippen LogP contribution in [0.4, 0.5) is 4.39 Å². The van der Waals surface area contributed by atoms with Gasteiger partial charge in [0.2, 0.25) is 0 Å². The van der Waals surface area contributed by atoms with E-state index in [2.05, 4.69) is 4.98 Å². The van der Waals surface area contributed by atoms with E-state index in [1.165, 1.54) is 12.1 Å². The first-order valence-electron chi connectivity index (χ1n) is 5.57. The molecule has 2 N–H and O–H groups in total. The van der Waals surface area contributed by atoms with E-state index in [1.807, 2.05) is 18.5 Å². The fraction of sp³-hybridized carbons (Fsp3) is 0.308. The molecule has 0 aliphatic carbocycles. The number of hydrogen-bond donors (Lipinski definition) is 1. The molecule has 0 atom stereocenters. The molecule has 1 aromatic carbocycles. The van der Waals surface area contributed by atoms with Crippen molar-refractivity contribution in [1.29, 1.82) is 0 Å². The first-order chi connectivity index (χ1) is 8.11. The molecular weight excluding hydrogens is 217 g/mol. The second kappa shape index (κ2) is 4.67. The van der Waals surface area contributed by atoms with Gasteiger partial charge in [-0.25, -0.2) is 9.37 Å². The van der Waals surface area contributed by atoms with Crippen molar-refractivity contribution in [3.63, 3.8) is 0 Å². The summed E-state index contributed by atoms with van der Waals surface area (Å²) in [5.41, 5.74) is 8.79. The normalized spacial score (nSPS) is 10.8. The highest BCUT2D eigenvalue weighted by atomic mass is 19.1. The third-order valence-corrected chi connectivity index (χ3v) is 2.97. The van der Waals surface area contributed by atoms with Crippen molar-refractivity contribution in [2.24, 2.45) is 12.8 Å². The van der Waals surface area contributed by atoms with Gasteiger partial charge in [0.1, 0.15) is 11.6 Å². The minimum atomic E-state index is -0.210. The van der Waals surface area contributed by atoms with Gasteiger partial charge in [-0.05, 0) is 24.6 Å². The predicted molar refractivity (Wildman–Crippen MR) is 65.0 cm³/mol. The standard InChI is InChI=1S/C13H16FN3/c1-9-12(17(2)13(8-15)16-9)7-10-3-5-11(14)6-4-10/h3-6H,7-8,15H2,1-2H3. The SMILES string of the molecule is Cc1nc(CN)n(C)c1Cc1ccc(F)cc1. The van der Waals surface area contributed by atoms with Crippen LogP contribution in [0.15, 0.2) is 24.3 Å². The molecule has 4 heteroatoms. The van der Waals surface area contributed by atoms with Crippen molar-refractivity contribution in [2.45, 2.75) is 19.9 Å². The van der Waals surface area contributed by atoms with Crippen molar-refractivity contribution >= 4 is 0 Å². The highest BCUT2D eigenvalue weighted by molar-refractivity contribution is 5.26. The fourth-order valence-corrected chi connectivity index (χ4v) is 1.96. The van der Waals surface area contributed by atoms with Gasteiger partial charge in [0.25, 0.3) is 0 Å². The first kappa shape index (κ1) is 11.8. The van der Waals surface area contributed by atoms with E-state index in [9.17, 15) is 4.39 Å². The second-order valence-corrected chi connectivity index (χ2v) is 4.13. The number of nitrogens with zero attached hydrogens (tertiary/aromatic N) is 2. The van der Waals surface area contributed by atoms with Gasteiger partial charge >= 0.3 is 0 Å². The fourth-order valence-electron chi connectivity index (χ4n) is 1.96. The summed E-state index contributed by atoms with van der Waals surface area (Å²) >= 11 is 0. The van der Waals surface area contributed by atoms with E-state index in [-0.39, 0.29) is 5.82 Å². The lowest BCUT2D eigenvalue weighted by Gasteiger charge is -2.06. The van der Waals surface area contributed by atoms with Crippen LogP contribution in [0.5, 0.6) is 0 Å². The molecule has 0 amide bonds. The van der Waals surface area contributed by atoms with Crippen molar-refractivity contribution in [3.05, 3.63) is 52.9 Å². The van der Waals surface area contributed by atoms with Gasteiger partial charge in [-0.3, -0.25) is 0 Å². The topological polar surface area (TPSA) is 43.8 Å². The smallest absolute Gasteiger partial charge is 0.123 e. The Morgan fingerprint density at radius 3 is 2.47 bits per heavy atom. The zero-order chi connectivity index (χ0) is 12.4. The van der Waals surface area contributed by atoms with E-state index < -0.39 is 0 Å². The maximum absolute atomic E-state index is 12.8. The van der Waals surface area contributed by atoms with E-state index in [0.29, 0.717) is 6.54 Å². The Morgan fingerprint density at radius 1 is 1.29 bits per heavy atom. The van der Waals surface area contributed by atoms with Crippen molar-refractivity contribution in [1.82, 2.24) is 9.55 Å². The van der Waals surface area contributed by atoms with Gasteiger partial charge in [0, 0.05) is 19.2 Å². The summed E-state index contributed by atoms with van der Waals surface area (Å²) in [5, 5.41) is 0. The quantitative estimate of drug-likeness (QED) is 0.880. The first-order valence-corrected chi connectivity index (χ1v) is 5.57. The Kier molecular flexibility index (Phi) is 3.24. The summed E-state index contributed by atoms with van der Waals surface area (Å²) in [7, 11) is 1.96. The van der Waals surface area contributed by atoms with Crippen LogP contribution in [-0.4, -0.2) is 9.55 Å². The molecule has 0 fully saturated rings. The lowest BCUT2D eigenvalue weighted by molar-refractivity contribution is 0.627. The molecule has 0 spiro atoms. The van der Waals surface area contributed by atoms with Crippen LogP contribution in [0.3, 0.4) is 0 Å². The van der Waals surface area contributed by atoms with Crippen LogP contribution in [0.2, 0.25) is 0 Å². The Labute approximate surface area is 100 Å². The summed E-state index contributed by atoms with van der Waals surface area (Å²) < 4.78 is 14.8. The number of aryl methyl sites for hydroxylation is 1. The molecule has 0 saturated heterocycles. The van der Waals surface area contributed by atoms with Gasteiger partial charge in [0.05, 0.1) is 12.2 Å². The molecule has 0 unspecified atom stereocenters. The lowest BCUT2D eigenvalue weighted by atomic mass is 10.1. The number of benzene rings is 1. The maximum Gasteiger partial charge on any atom is 0.123 e. The highest BCUT2D eigenvalue weighted by Gasteiger charge is 2.10. The molecule has 0 aliphatic heterocycles. The average Bonchev–Trinajstić information content (AvgIpc) is 2.59. The van der Waals surface area contributed by atoms with Crippen molar-refractivity contribution < 1.29 is 4.39 Å². The Hall–Kier alpha value is -1.68. The summed E-state index contributed by atoms with van der Waals surface area (Å²) in [4.78, 5) is 4.41. The van der Waals surface area contributed by atoms with Crippen molar-refractivity contribution in [3.8, 4) is 0 Å². The molecule has 1 heterocycles. The molecule has 0 radical (unpaired) electrons. The number of hydrogen-bond acceptors (Lipinski definition) is 2. The predicted octanol–water partition coefficient (Wildman–Crippen LogP) is 1.92. The van der Waals surface area contributed by atoms with Crippen LogP contribution in [0.25, 0.3) is 0 Å². The summed E-state index contributed by atoms with van der Waals surface area (Å²) in [6.07, 6.45) is 0.746. The Balaban J connectivity index is 2.29. The van der Waals surface area contributed by atoms with Crippen molar-refractivity contribution in [2.75, 3.05) is 0 Å². The van der Waals surface area contributed by atoms with Crippen LogP contribution < -0.4 is 5.73 Å². The molecule has 2 rings (SSSR count). The molecule has 0 saturated carbocycles. The van der Waals surface area contributed by atoms with Crippen LogP contribution in [0, 0.1) is 12.7 Å². The van der Waals surface area contributed by atoms with E-state index in [1.54, 1.807) is 12.1 Å². The lowest BCUT2D eigenvalue weighted by Crippen LogP contribution is -2.07. The summed E-state index contributed by atoms with van der Waals surface area (Å²) in [6, 6.07) is 6.55. The zero-order valence-corrected chi connectivity index (χ0v) is 10.1. The minimum Gasteiger partial charge on any atom is -0.333 e. The van der Waals surface area contributed by atoms with Gasteiger partial charge in [0.15, 0.2) is 0 Å². The molecule has 0 aliphatic rings. The number of halogens is 1. The summed E-state index contributed by atoms with van der Waals surface area (Å²) in [6.45, 7) is 2.40. The molecule has 3 nitrogen and oxygen atoms in total. The Bertz CT molecular complexity index is 514. The van der Waals surface area contributed by atoms with Crippen LogP contribution in [0.1, 0.15) is 22.8 Å². The molecule has 2 aromatic rings. The number of aromatic nitrogens is 2. The van der Waals surface area contributed by atoms with E-state index in [4.69, 9.17) is 5.73 Å². The van der Waals surface area contributed by atoms with E-state index in [0.717, 1.165) is 29.2 Å². The third-order valence-electron chi connectivity index (χ3n) is 2.97. The molecule has 1 aromatic heterocycles. The number of imidazole rings is 1. The van der Waals surface area contributed by atoms with Crippen LogP contribution >= 0.6 is 0 Å². The van der Waals surface area contributed by atoms with Gasteiger partial charge < -0.3 is 10.3 Å². The third kappa shape index (κ3) is 2.36. The minimum absolute atomic E-state index is 0.210. The summed E-state index contributed by atoms with van der Waals surface area (Å²) in [5.74, 6) is 0.665. The monoisotopic (exact) mass is 233 g/mol. The zero-order valence-electron chi connectivity index (χ0n) is 10.1. The largest absolute Gasteiger partial charge is 0.333 e. The molecule has 0 bridgehead atoms.